The SMILES string of the molecule is CCC(C(=O)N(C)C)N(C)C(=O)O[C@@H](CC(C)CCc1ccccc1)C(=O)O. The fourth-order valence-electron chi connectivity index (χ4n) is 2.98. The van der Waals surface area contributed by atoms with E-state index in [4.69, 9.17) is 4.74 Å². The standard InChI is InChI=1S/C21H32N2O5/c1-6-17(19(24)22(3)4)23(5)21(27)28-18(20(25)26)14-15(2)12-13-16-10-8-7-9-11-16/h7-11,15,17-18H,6,12-14H2,1-5H3,(H,25,26)/t15?,17?,18-/m0/s1. The average molecular weight is 392 g/mol. The molecule has 0 aliphatic carbocycles. The molecule has 0 spiro atoms. The van der Waals surface area contributed by atoms with Gasteiger partial charge in [-0.1, -0.05) is 44.2 Å². The molecule has 0 radical (unpaired) electrons. The normalized spacial score (nSPS) is 13.9. The van der Waals surface area contributed by atoms with Gasteiger partial charge in [0.2, 0.25) is 12.0 Å². The van der Waals surface area contributed by atoms with Crippen molar-refractivity contribution >= 4 is 18.0 Å². The Balaban J connectivity index is 2.66. The number of likely N-dealkylation sites (N-methyl/N-ethyl adjacent to an activating group) is 2. The lowest BCUT2D eigenvalue weighted by atomic mass is 9.95. The first-order chi connectivity index (χ1) is 13.2. The van der Waals surface area contributed by atoms with Gasteiger partial charge in [0.15, 0.2) is 0 Å². The molecule has 0 bridgehead atoms. The summed E-state index contributed by atoms with van der Waals surface area (Å²) in [5.74, 6) is -1.35. The first-order valence-corrected chi connectivity index (χ1v) is 9.58. The molecule has 0 aromatic heterocycles. The largest absolute Gasteiger partial charge is 0.479 e. The Kier molecular flexibility index (Phi) is 9.48. The Bertz CT molecular complexity index is 647. The minimum Gasteiger partial charge on any atom is -0.479 e. The molecule has 0 aliphatic heterocycles. The first-order valence-electron chi connectivity index (χ1n) is 9.58. The molecule has 7 nitrogen and oxygen atoms in total. The van der Waals surface area contributed by atoms with Crippen LogP contribution in [0.25, 0.3) is 0 Å². The van der Waals surface area contributed by atoms with Crippen LogP contribution < -0.4 is 0 Å². The number of ether oxygens (including phenoxy) is 1. The van der Waals surface area contributed by atoms with E-state index in [1.807, 2.05) is 37.3 Å². The Hall–Kier alpha value is -2.57. The maximum Gasteiger partial charge on any atom is 0.411 e. The van der Waals surface area contributed by atoms with Crippen LogP contribution in [-0.4, -0.2) is 66.2 Å². The summed E-state index contributed by atoms with van der Waals surface area (Å²) in [6, 6.07) is 9.26. The van der Waals surface area contributed by atoms with Crippen LogP contribution in [0.2, 0.25) is 0 Å². The molecule has 7 heteroatoms. The number of nitrogens with zero attached hydrogens (tertiary/aromatic N) is 2. The van der Waals surface area contributed by atoms with E-state index < -0.39 is 24.2 Å². The van der Waals surface area contributed by atoms with Gasteiger partial charge in [0, 0.05) is 21.1 Å². The zero-order valence-electron chi connectivity index (χ0n) is 17.4. The van der Waals surface area contributed by atoms with Gasteiger partial charge in [0.1, 0.15) is 6.04 Å². The van der Waals surface area contributed by atoms with E-state index in [0.29, 0.717) is 6.42 Å². The van der Waals surface area contributed by atoms with Gasteiger partial charge in [-0.2, -0.15) is 0 Å². The van der Waals surface area contributed by atoms with Crippen LogP contribution in [0.1, 0.15) is 38.7 Å². The lowest BCUT2D eigenvalue weighted by molar-refractivity contribution is -0.148. The van der Waals surface area contributed by atoms with Crippen molar-refractivity contribution in [1.82, 2.24) is 9.80 Å². The second-order valence-electron chi connectivity index (χ2n) is 7.34. The van der Waals surface area contributed by atoms with E-state index in [-0.39, 0.29) is 18.2 Å². The van der Waals surface area contributed by atoms with Crippen molar-refractivity contribution in [2.75, 3.05) is 21.1 Å². The molecular formula is C21H32N2O5. The summed E-state index contributed by atoms with van der Waals surface area (Å²) in [5.41, 5.74) is 1.19. The highest BCUT2D eigenvalue weighted by atomic mass is 16.6. The van der Waals surface area contributed by atoms with E-state index in [1.54, 1.807) is 21.0 Å². The van der Waals surface area contributed by atoms with Gasteiger partial charge < -0.3 is 14.7 Å². The Morgan fingerprint density at radius 1 is 1.11 bits per heavy atom. The number of aliphatic carboxylic acids is 1. The summed E-state index contributed by atoms with van der Waals surface area (Å²) in [6.45, 7) is 3.73. The van der Waals surface area contributed by atoms with Crippen LogP contribution >= 0.6 is 0 Å². The van der Waals surface area contributed by atoms with Crippen molar-refractivity contribution in [3.05, 3.63) is 35.9 Å². The van der Waals surface area contributed by atoms with Crippen LogP contribution in [0.15, 0.2) is 30.3 Å². The van der Waals surface area contributed by atoms with Crippen LogP contribution in [0.5, 0.6) is 0 Å². The van der Waals surface area contributed by atoms with Crippen molar-refractivity contribution in [2.45, 2.75) is 51.7 Å². The lowest BCUT2D eigenvalue weighted by Gasteiger charge is -2.29. The smallest absolute Gasteiger partial charge is 0.411 e. The van der Waals surface area contributed by atoms with E-state index in [1.165, 1.54) is 22.4 Å². The van der Waals surface area contributed by atoms with Crippen LogP contribution in [0.3, 0.4) is 0 Å². The predicted octanol–water partition coefficient (Wildman–Crippen LogP) is 3.03. The molecule has 0 fully saturated rings. The van der Waals surface area contributed by atoms with Gasteiger partial charge in [-0.25, -0.2) is 9.59 Å². The molecule has 2 unspecified atom stereocenters. The zero-order valence-corrected chi connectivity index (χ0v) is 17.4. The topological polar surface area (TPSA) is 87.2 Å². The summed E-state index contributed by atoms with van der Waals surface area (Å²) in [6.07, 6.45) is 0.209. The number of benzene rings is 1. The number of rotatable bonds is 10. The molecule has 0 saturated heterocycles. The van der Waals surface area contributed by atoms with Crippen LogP contribution in [-0.2, 0) is 20.7 Å². The number of carbonyl (C=O) groups is 3. The highest BCUT2D eigenvalue weighted by Gasteiger charge is 2.31. The zero-order chi connectivity index (χ0) is 21.3. The van der Waals surface area contributed by atoms with Crippen LogP contribution in [0, 0.1) is 5.92 Å². The fourth-order valence-corrected chi connectivity index (χ4v) is 2.98. The molecule has 0 heterocycles. The number of hydrogen-bond donors (Lipinski definition) is 1. The van der Waals surface area contributed by atoms with Crippen molar-refractivity contribution in [2.24, 2.45) is 5.92 Å². The van der Waals surface area contributed by atoms with Crippen molar-refractivity contribution in [1.29, 1.82) is 0 Å². The number of carbonyl (C=O) groups excluding carboxylic acids is 2. The van der Waals surface area contributed by atoms with Gasteiger partial charge >= 0.3 is 12.1 Å². The van der Waals surface area contributed by atoms with Gasteiger partial charge in [-0.3, -0.25) is 9.69 Å². The monoisotopic (exact) mass is 392 g/mol. The molecule has 156 valence electrons. The summed E-state index contributed by atoms with van der Waals surface area (Å²) in [4.78, 5) is 38.8. The van der Waals surface area contributed by atoms with Gasteiger partial charge in [0.25, 0.3) is 0 Å². The second-order valence-corrected chi connectivity index (χ2v) is 7.34. The number of carboxylic acid groups (broad SMARTS) is 1. The molecular weight excluding hydrogens is 360 g/mol. The Morgan fingerprint density at radius 3 is 2.21 bits per heavy atom. The van der Waals surface area contributed by atoms with E-state index in [9.17, 15) is 19.5 Å². The number of amides is 2. The maximum absolute atomic E-state index is 12.4. The van der Waals surface area contributed by atoms with E-state index in [0.717, 1.165) is 12.8 Å². The van der Waals surface area contributed by atoms with Crippen LogP contribution in [0.4, 0.5) is 4.79 Å². The van der Waals surface area contributed by atoms with E-state index in [2.05, 4.69) is 0 Å². The molecule has 2 amide bonds. The Morgan fingerprint density at radius 2 is 1.71 bits per heavy atom. The minimum atomic E-state index is -1.24. The molecule has 0 saturated carbocycles. The van der Waals surface area contributed by atoms with E-state index >= 15 is 0 Å². The fraction of sp³-hybridized carbons (Fsp3) is 0.571. The van der Waals surface area contributed by atoms with Crippen molar-refractivity contribution in [3.8, 4) is 0 Å². The summed E-state index contributed by atoms with van der Waals surface area (Å²) in [7, 11) is 4.67. The predicted molar refractivity (Wildman–Crippen MR) is 107 cm³/mol. The summed E-state index contributed by atoms with van der Waals surface area (Å²) < 4.78 is 5.23. The number of hydrogen-bond acceptors (Lipinski definition) is 4. The van der Waals surface area contributed by atoms with Gasteiger partial charge in [0.05, 0.1) is 0 Å². The Labute approximate surface area is 167 Å². The second kappa shape index (κ2) is 11.3. The lowest BCUT2D eigenvalue weighted by Crippen LogP contribution is -2.48. The quantitative estimate of drug-likeness (QED) is 0.661. The summed E-state index contributed by atoms with van der Waals surface area (Å²) in [5, 5.41) is 9.46. The molecule has 1 N–H and O–H groups in total. The molecule has 1 aromatic rings. The molecule has 1 aromatic carbocycles. The molecule has 3 atom stereocenters. The molecule has 0 aliphatic rings. The first kappa shape index (κ1) is 23.5. The number of carboxylic acids is 1. The van der Waals surface area contributed by atoms with Crippen molar-refractivity contribution < 1.29 is 24.2 Å². The average Bonchev–Trinajstić information content (AvgIpc) is 2.66. The molecule has 1 rings (SSSR count). The van der Waals surface area contributed by atoms with Gasteiger partial charge in [-0.15, -0.1) is 0 Å². The minimum absolute atomic E-state index is 0.0600. The maximum atomic E-state index is 12.4. The number of aryl methyl sites for hydroxylation is 1. The highest BCUT2D eigenvalue weighted by Crippen LogP contribution is 2.18. The third kappa shape index (κ3) is 7.21. The third-order valence-electron chi connectivity index (χ3n) is 4.77. The highest BCUT2D eigenvalue weighted by molar-refractivity contribution is 5.86. The van der Waals surface area contributed by atoms with Crippen molar-refractivity contribution in [3.63, 3.8) is 0 Å². The molecule has 28 heavy (non-hydrogen) atoms. The summed E-state index contributed by atoms with van der Waals surface area (Å²) >= 11 is 0. The third-order valence-corrected chi connectivity index (χ3v) is 4.77. The van der Waals surface area contributed by atoms with Gasteiger partial charge in [-0.05, 0) is 37.2 Å².